The molecule has 0 aromatic carbocycles. The van der Waals surface area contributed by atoms with E-state index in [0.29, 0.717) is 5.56 Å². The summed E-state index contributed by atoms with van der Waals surface area (Å²) in [5, 5.41) is 12.1. The van der Waals surface area contributed by atoms with Crippen molar-refractivity contribution < 1.29 is 0 Å². The van der Waals surface area contributed by atoms with E-state index in [2.05, 4.69) is 33.3 Å². The molecule has 2 rings (SSSR count). The topological polar surface area (TPSA) is 74.5 Å². The summed E-state index contributed by atoms with van der Waals surface area (Å²) in [6.45, 7) is 2.91. The Morgan fingerprint density at radius 1 is 1.28 bits per heavy atom. The Morgan fingerprint density at radius 3 is 2.89 bits per heavy atom. The van der Waals surface area contributed by atoms with Crippen molar-refractivity contribution in [1.82, 2.24) is 15.0 Å². The van der Waals surface area contributed by atoms with Gasteiger partial charge in [-0.1, -0.05) is 6.92 Å². The number of anilines is 1. The van der Waals surface area contributed by atoms with Crippen molar-refractivity contribution in [1.29, 1.82) is 5.26 Å². The summed E-state index contributed by atoms with van der Waals surface area (Å²) < 4.78 is 0. The first-order chi connectivity index (χ1) is 8.85. The molecule has 2 aromatic heterocycles. The van der Waals surface area contributed by atoms with Crippen molar-refractivity contribution in [2.24, 2.45) is 0 Å². The third-order valence-corrected chi connectivity index (χ3v) is 2.38. The van der Waals surface area contributed by atoms with Gasteiger partial charge in [0.05, 0.1) is 5.56 Å². The van der Waals surface area contributed by atoms with E-state index in [9.17, 15) is 0 Å². The minimum absolute atomic E-state index is 0.514. The summed E-state index contributed by atoms with van der Waals surface area (Å²) in [6, 6.07) is 3.83. The first-order valence-electron chi connectivity index (χ1n) is 5.75. The fourth-order valence-corrected chi connectivity index (χ4v) is 1.55. The van der Waals surface area contributed by atoms with Crippen LogP contribution in [0.5, 0.6) is 0 Å². The molecule has 0 aliphatic carbocycles. The van der Waals surface area contributed by atoms with Crippen LogP contribution >= 0.6 is 0 Å². The molecule has 0 fully saturated rings. The number of nitrogens with one attached hydrogen (secondary N) is 1. The Morgan fingerprint density at radius 2 is 2.11 bits per heavy atom. The molecule has 0 atom stereocenters. The molecule has 0 saturated carbocycles. The summed E-state index contributed by atoms with van der Waals surface area (Å²) in [4.78, 5) is 12.6. The van der Waals surface area contributed by atoms with E-state index in [1.165, 1.54) is 6.20 Å². The van der Waals surface area contributed by atoms with E-state index in [1.807, 2.05) is 0 Å². The van der Waals surface area contributed by atoms with Crippen LogP contribution in [-0.2, 0) is 0 Å². The van der Waals surface area contributed by atoms with Gasteiger partial charge in [-0.3, -0.25) is 9.97 Å². The Labute approximate surface area is 106 Å². The van der Waals surface area contributed by atoms with Crippen molar-refractivity contribution >= 4 is 5.82 Å². The van der Waals surface area contributed by atoms with Crippen LogP contribution in [0.1, 0.15) is 18.9 Å². The zero-order chi connectivity index (χ0) is 12.8. The van der Waals surface area contributed by atoms with Gasteiger partial charge in [0.2, 0.25) is 0 Å². The van der Waals surface area contributed by atoms with Crippen LogP contribution in [0.2, 0.25) is 0 Å². The van der Waals surface area contributed by atoms with E-state index in [-0.39, 0.29) is 0 Å². The van der Waals surface area contributed by atoms with Gasteiger partial charge >= 0.3 is 0 Å². The number of nitrogens with zero attached hydrogens (tertiary/aromatic N) is 4. The van der Waals surface area contributed by atoms with Crippen LogP contribution in [0.3, 0.4) is 0 Å². The van der Waals surface area contributed by atoms with E-state index >= 15 is 0 Å². The van der Waals surface area contributed by atoms with Gasteiger partial charge in [-0.15, -0.1) is 0 Å². The molecule has 1 N–H and O–H groups in total. The van der Waals surface area contributed by atoms with Crippen LogP contribution < -0.4 is 5.32 Å². The number of hydrogen-bond acceptors (Lipinski definition) is 5. The number of hydrogen-bond donors (Lipinski definition) is 1. The Kier molecular flexibility index (Phi) is 3.82. The van der Waals surface area contributed by atoms with E-state index in [0.717, 1.165) is 30.0 Å². The maximum absolute atomic E-state index is 8.88. The van der Waals surface area contributed by atoms with Crippen molar-refractivity contribution in [3.05, 3.63) is 36.4 Å². The molecule has 0 bridgehead atoms. The summed E-state index contributed by atoms with van der Waals surface area (Å²) in [5.74, 6) is 0.719. The van der Waals surface area contributed by atoms with Gasteiger partial charge < -0.3 is 5.32 Å². The zero-order valence-electron chi connectivity index (χ0n) is 10.1. The summed E-state index contributed by atoms with van der Waals surface area (Å²) in [7, 11) is 0. The normalized spacial score (nSPS) is 9.78. The van der Waals surface area contributed by atoms with Crippen molar-refractivity contribution in [3.8, 4) is 17.3 Å². The van der Waals surface area contributed by atoms with Gasteiger partial charge in [0.1, 0.15) is 11.8 Å². The summed E-state index contributed by atoms with van der Waals surface area (Å²) >= 11 is 0. The maximum atomic E-state index is 8.88. The second-order valence-electron chi connectivity index (χ2n) is 3.75. The van der Waals surface area contributed by atoms with Crippen LogP contribution in [-0.4, -0.2) is 21.5 Å². The van der Waals surface area contributed by atoms with Gasteiger partial charge in [0, 0.05) is 36.9 Å². The molecule has 0 amide bonds. The molecular formula is C13H13N5. The minimum atomic E-state index is 0.514. The predicted octanol–water partition coefficient (Wildman–Crippen LogP) is 2.23. The van der Waals surface area contributed by atoms with Gasteiger partial charge in [-0.05, 0) is 12.5 Å². The van der Waals surface area contributed by atoms with Gasteiger partial charge in [0.25, 0.3) is 0 Å². The molecule has 0 unspecified atom stereocenters. The van der Waals surface area contributed by atoms with Gasteiger partial charge in [-0.25, -0.2) is 4.98 Å². The van der Waals surface area contributed by atoms with Gasteiger partial charge in [0.15, 0.2) is 5.82 Å². The molecule has 2 aromatic rings. The lowest BCUT2D eigenvalue weighted by Gasteiger charge is -2.08. The average molecular weight is 239 g/mol. The minimum Gasteiger partial charge on any atom is -0.368 e. The third-order valence-electron chi connectivity index (χ3n) is 2.38. The second-order valence-corrected chi connectivity index (χ2v) is 3.75. The summed E-state index contributed by atoms with van der Waals surface area (Å²) in [5.41, 5.74) is 2.02. The molecule has 5 heteroatoms. The molecule has 0 aliphatic rings. The van der Waals surface area contributed by atoms with Crippen LogP contribution in [0, 0.1) is 11.3 Å². The van der Waals surface area contributed by atoms with Crippen LogP contribution in [0.4, 0.5) is 5.82 Å². The van der Waals surface area contributed by atoms with Crippen LogP contribution in [0.15, 0.2) is 30.9 Å². The monoisotopic (exact) mass is 239 g/mol. The SMILES string of the molecule is CCCNc1nccnc1-c1cncc(C#N)c1. The lowest BCUT2D eigenvalue weighted by atomic mass is 10.1. The van der Waals surface area contributed by atoms with Crippen LogP contribution in [0.25, 0.3) is 11.3 Å². The van der Waals surface area contributed by atoms with Gasteiger partial charge in [-0.2, -0.15) is 5.26 Å². The first kappa shape index (κ1) is 12.0. The first-order valence-corrected chi connectivity index (χ1v) is 5.75. The largest absolute Gasteiger partial charge is 0.368 e. The Bertz CT molecular complexity index is 574. The molecule has 5 nitrogen and oxygen atoms in total. The zero-order valence-corrected chi connectivity index (χ0v) is 10.1. The van der Waals surface area contributed by atoms with E-state index in [1.54, 1.807) is 24.7 Å². The number of pyridine rings is 1. The lowest BCUT2D eigenvalue weighted by molar-refractivity contribution is 0.965. The van der Waals surface area contributed by atoms with Crippen molar-refractivity contribution in [3.63, 3.8) is 0 Å². The third kappa shape index (κ3) is 2.61. The average Bonchev–Trinajstić information content (AvgIpc) is 2.45. The fourth-order valence-electron chi connectivity index (χ4n) is 1.55. The maximum Gasteiger partial charge on any atom is 0.152 e. The Balaban J connectivity index is 2.40. The molecule has 90 valence electrons. The highest BCUT2D eigenvalue weighted by molar-refractivity contribution is 5.71. The molecule has 0 aliphatic heterocycles. The quantitative estimate of drug-likeness (QED) is 0.885. The fraction of sp³-hybridized carbons (Fsp3) is 0.231. The van der Waals surface area contributed by atoms with E-state index in [4.69, 9.17) is 5.26 Å². The highest BCUT2D eigenvalue weighted by Crippen LogP contribution is 2.23. The molecule has 0 radical (unpaired) electrons. The standard InChI is InChI=1S/C13H13N5/c1-2-3-17-13-12(16-4-5-18-13)11-6-10(7-14)8-15-9-11/h4-6,8-9H,2-3H2,1H3,(H,17,18). The Hall–Kier alpha value is -2.48. The predicted molar refractivity (Wildman–Crippen MR) is 68.8 cm³/mol. The second kappa shape index (κ2) is 5.73. The molecule has 18 heavy (non-hydrogen) atoms. The number of nitriles is 1. The lowest BCUT2D eigenvalue weighted by Crippen LogP contribution is -2.04. The molecule has 0 saturated heterocycles. The highest BCUT2D eigenvalue weighted by Gasteiger charge is 2.08. The smallest absolute Gasteiger partial charge is 0.152 e. The molecule has 2 heterocycles. The van der Waals surface area contributed by atoms with E-state index < -0.39 is 0 Å². The molecule has 0 spiro atoms. The van der Waals surface area contributed by atoms with Crippen molar-refractivity contribution in [2.45, 2.75) is 13.3 Å². The molecular weight excluding hydrogens is 226 g/mol. The number of rotatable bonds is 4. The number of aromatic nitrogens is 3. The highest BCUT2D eigenvalue weighted by atomic mass is 15.0. The van der Waals surface area contributed by atoms with Crippen molar-refractivity contribution in [2.75, 3.05) is 11.9 Å². The summed E-state index contributed by atoms with van der Waals surface area (Å²) in [6.07, 6.45) is 7.49.